The van der Waals surface area contributed by atoms with E-state index in [0.717, 1.165) is 12.6 Å². The van der Waals surface area contributed by atoms with Crippen molar-refractivity contribution in [1.82, 2.24) is 4.90 Å². The molecule has 1 saturated heterocycles. The minimum atomic E-state index is 0.744. The van der Waals surface area contributed by atoms with Gasteiger partial charge in [0.25, 0.3) is 0 Å². The Morgan fingerprint density at radius 2 is 2.71 bits per heavy atom. The molecule has 0 aromatic rings. The number of hydrogen-bond acceptors (Lipinski definition) is 2. The van der Waals surface area contributed by atoms with E-state index in [1.54, 1.807) is 0 Å². The van der Waals surface area contributed by atoms with Crippen LogP contribution in [0.4, 0.5) is 0 Å². The molecule has 2 aliphatic heterocycles. The van der Waals surface area contributed by atoms with E-state index < -0.39 is 0 Å². The zero-order valence-corrected chi connectivity index (χ0v) is 4.17. The molecule has 38 valence electrons. The van der Waals surface area contributed by atoms with Crippen LogP contribution in [0, 0.1) is 0 Å². The van der Waals surface area contributed by atoms with Gasteiger partial charge in [-0.15, -0.1) is 0 Å². The number of rotatable bonds is 0. The van der Waals surface area contributed by atoms with Gasteiger partial charge in [0.05, 0.1) is 12.6 Å². The summed E-state index contributed by atoms with van der Waals surface area (Å²) in [6.45, 7) is 3.49. The van der Waals surface area contributed by atoms with E-state index in [1.807, 2.05) is 0 Å². The van der Waals surface area contributed by atoms with E-state index in [9.17, 15) is 0 Å². The molecule has 2 atom stereocenters. The van der Waals surface area contributed by atoms with Crippen LogP contribution >= 0.6 is 0 Å². The molecule has 0 radical (unpaired) electrons. The maximum absolute atomic E-state index is 4.13. The van der Waals surface area contributed by atoms with E-state index in [4.69, 9.17) is 0 Å². The van der Waals surface area contributed by atoms with Crippen LogP contribution in [-0.2, 0) is 0 Å². The lowest BCUT2D eigenvalue weighted by molar-refractivity contribution is 0.540. The van der Waals surface area contributed by atoms with E-state index in [1.165, 1.54) is 13.1 Å². The van der Waals surface area contributed by atoms with Crippen molar-refractivity contribution in [3.8, 4) is 0 Å². The highest BCUT2D eigenvalue weighted by atomic mass is 15.3. The Hall–Kier alpha value is -0.370. The van der Waals surface area contributed by atoms with Crippen LogP contribution in [0.25, 0.3) is 0 Å². The molecule has 0 aromatic heterocycles. The maximum atomic E-state index is 4.13. The summed E-state index contributed by atoms with van der Waals surface area (Å²) in [4.78, 5) is 6.54. The summed E-state index contributed by atoms with van der Waals surface area (Å²) in [6, 6.07) is 0.744. The van der Waals surface area contributed by atoms with Gasteiger partial charge in [0.2, 0.25) is 0 Å². The normalized spacial score (nSPS) is 45.7. The third kappa shape index (κ3) is 0.465. The van der Waals surface area contributed by atoms with Crippen LogP contribution < -0.4 is 0 Å². The lowest BCUT2D eigenvalue weighted by Crippen LogP contribution is -2.12. The monoisotopic (exact) mass is 96.1 g/mol. The Bertz CT molecular complexity index is 109. The second-order valence-corrected chi connectivity index (χ2v) is 2.12. The molecular formula is C5H8N2. The predicted molar refractivity (Wildman–Crippen MR) is 28.7 cm³/mol. The van der Waals surface area contributed by atoms with Crippen LogP contribution in [0.3, 0.4) is 0 Å². The highest BCUT2D eigenvalue weighted by Crippen LogP contribution is 2.16. The van der Waals surface area contributed by atoms with Gasteiger partial charge in [-0.3, -0.25) is 9.89 Å². The summed E-state index contributed by atoms with van der Waals surface area (Å²) in [7, 11) is 0. The summed E-state index contributed by atoms with van der Waals surface area (Å²) >= 11 is 0. The molecule has 0 spiro atoms. The van der Waals surface area contributed by atoms with Crippen molar-refractivity contribution in [2.75, 3.05) is 19.6 Å². The molecule has 0 N–H and O–H groups in total. The number of aliphatic imine (C=N–C) groups is 1. The second kappa shape index (κ2) is 1.07. The lowest BCUT2D eigenvalue weighted by atomic mass is 10.5. The van der Waals surface area contributed by atoms with Gasteiger partial charge in [0.15, 0.2) is 0 Å². The molecule has 2 unspecified atom stereocenters. The first-order valence-electron chi connectivity index (χ1n) is 2.71. The van der Waals surface area contributed by atoms with Crippen molar-refractivity contribution in [3.05, 3.63) is 0 Å². The van der Waals surface area contributed by atoms with Gasteiger partial charge in [-0.05, 0) is 0 Å². The third-order valence-corrected chi connectivity index (χ3v) is 1.55. The Morgan fingerprint density at radius 1 is 1.71 bits per heavy atom. The van der Waals surface area contributed by atoms with E-state index >= 15 is 0 Å². The van der Waals surface area contributed by atoms with Crippen molar-refractivity contribution in [3.63, 3.8) is 0 Å². The fourth-order valence-electron chi connectivity index (χ4n) is 0.974. The number of nitrogens with zero attached hydrogens (tertiary/aromatic N) is 2. The maximum Gasteiger partial charge on any atom is 0.0575 e. The van der Waals surface area contributed by atoms with Crippen molar-refractivity contribution in [2.24, 2.45) is 4.99 Å². The summed E-state index contributed by atoms with van der Waals surface area (Å²) in [6.07, 6.45) is 2.06. The zero-order chi connectivity index (χ0) is 4.69. The first kappa shape index (κ1) is 3.61. The molecule has 0 amide bonds. The highest BCUT2D eigenvalue weighted by Gasteiger charge is 2.33. The predicted octanol–water partition coefficient (Wildman–Crippen LogP) is -0.245. The average molecular weight is 96.1 g/mol. The molecule has 0 aliphatic carbocycles. The van der Waals surface area contributed by atoms with Gasteiger partial charge < -0.3 is 0 Å². The summed E-state index contributed by atoms with van der Waals surface area (Å²) in [5, 5.41) is 0. The van der Waals surface area contributed by atoms with Crippen LogP contribution in [0.2, 0.25) is 0 Å². The first-order valence-corrected chi connectivity index (χ1v) is 2.71. The molecule has 7 heavy (non-hydrogen) atoms. The van der Waals surface area contributed by atoms with E-state index in [0.29, 0.717) is 0 Å². The largest absolute Gasteiger partial charge is 0.294 e. The first-order chi connectivity index (χ1) is 3.47. The molecular weight excluding hydrogens is 88.1 g/mol. The van der Waals surface area contributed by atoms with Crippen molar-refractivity contribution in [1.29, 1.82) is 0 Å². The Labute approximate surface area is 42.8 Å². The minimum absolute atomic E-state index is 0.744. The Kier molecular flexibility index (Phi) is 0.551. The summed E-state index contributed by atoms with van der Waals surface area (Å²) < 4.78 is 0. The van der Waals surface area contributed by atoms with Crippen molar-refractivity contribution in [2.45, 2.75) is 6.04 Å². The molecule has 0 aromatic carbocycles. The number of hydrogen-bond donors (Lipinski definition) is 0. The number of fused-ring (bicyclic) bond motifs is 1. The van der Waals surface area contributed by atoms with Crippen LogP contribution in [0.5, 0.6) is 0 Å². The Balaban J connectivity index is 2.14. The summed E-state index contributed by atoms with van der Waals surface area (Å²) in [5.74, 6) is 0. The quantitative estimate of drug-likeness (QED) is 0.380. The van der Waals surface area contributed by atoms with E-state index in [-0.39, 0.29) is 0 Å². The highest BCUT2D eigenvalue weighted by molar-refractivity contribution is 5.69. The fourth-order valence-corrected chi connectivity index (χ4v) is 0.974. The SMILES string of the molecule is C1=NCCN2CC12. The van der Waals surface area contributed by atoms with Crippen molar-refractivity contribution < 1.29 is 0 Å². The third-order valence-electron chi connectivity index (χ3n) is 1.55. The topological polar surface area (TPSA) is 15.4 Å². The molecule has 2 nitrogen and oxygen atoms in total. The molecule has 2 rings (SSSR count). The average Bonchev–Trinajstić information content (AvgIpc) is 2.41. The van der Waals surface area contributed by atoms with Crippen LogP contribution in [0.15, 0.2) is 4.99 Å². The summed E-state index contributed by atoms with van der Waals surface area (Å²) in [5.41, 5.74) is 0. The molecule has 2 heterocycles. The standard InChI is InChI=1S/C5H8N2/c1-2-7-4-5(7)3-6-1/h3,5H,1-2,4H2. The van der Waals surface area contributed by atoms with Gasteiger partial charge in [0.1, 0.15) is 0 Å². The minimum Gasteiger partial charge on any atom is -0.294 e. The Morgan fingerprint density at radius 3 is 3.29 bits per heavy atom. The van der Waals surface area contributed by atoms with Gasteiger partial charge in [-0.2, -0.15) is 0 Å². The van der Waals surface area contributed by atoms with Gasteiger partial charge in [-0.25, -0.2) is 0 Å². The van der Waals surface area contributed by atoms with Gasteiger partial charge in [0, 0.05) is 19.3 Å². The van der Waals surface area contributed by atoms with Crippen LogP contribution in [0.1, 0.15) is 0 Å². The fraction of sp³-hybridized carbons (Fsp3) is 0.800. The second-order valence-electron chi connectivity index (χ2n) is 2.12. The molecule has 2 aliphatic rings. The molecule has 1 fully saturated rings. The molecule has 2 heteroatoms. The van der Waals surface area contributed by atoms with Gasteiger partial charge >= 0.3 is 0 Å². The molecule has 0 bridgehead atoms. The molecule has 0 saturated carbocycles. The van der Waals surface area contributed by atoms with Crippen molar-refractivity contribution >= 4 is 6.21 Å². The lowest BCUT2D eigenvalue weighted by Gasteiger charge is -2.00. The van der Waals surface area contributed by atoms with Gasteiger partial charge in [-0.1, -0.05) is 0 Å². The smallest absolute Gasteiger partial charge is 0.0575 e. The van der Waals surface area contributed by atoms with E-state index in [2.05, 4.69) is 16.1 Å². The zero-order valence-electron chi connectivity index (χ0n) is 4.17. The van der Waals surface area contributed by atoms with Crippen LogP contribution in [-0.4, -0.2) is 36.8 Å².